The lowest BCUT2D eigenvalue weighted by atomic mass is 9.99. The van der Waals surface area contributed by atoms with Gasteiger partial charge in [-0.1, -0.05) is 12.0 Å². The van der Waals surface area contributed by atoms with Crippen LogP contribution in [0.4, 0.5) is 14.6 Å². The van der Waals surface area contributed by atoms with Crippen molar-refractivity contribution in [2.45, 2.75) is 6.92 Å². The fourth-order valence-corrected chi connectivity index (χ4v) is 3.87. The van der Waals surface area contributed by atoms with E-state index in [1.54, 1.807) is 30.7 Å². The first-order valence-electron chi connectivity index (χ1n) is 10.4. The summed E-state index contributed by atoms with van der Waals surface area (Å²) in [6.45, 7) is 1.77. The fourth-order valence-electron chi connectivity index (χ4n) is 3.87. The number of hydrogen-bond acceptors (Lipinski definition) is 7. The Balaban J connectivity index is 1.71. The normalized spacial score (nSPS) is 10.9. The number of nitrogen functional groups attached to an aromatic ring is 1. The van der Waals surface area contributed by atoms with Crippen molar-refractivity contribution in [3.63, 3.8) is 0 Å². The molecule has 0 saturated carbocycles. The van der Waals surface area contributed by atoms with E-state index in [0.717, 1.165) is 6.07 Å². The topological polar surface area (TPSA) is 105 Å². The average molecular weight is 469 g/mol. The minimum absolute atomic E-state index is 0.0156. The van der Waals surface area contributed by atoms with Crippen LogP contribution in [0.25, 0.3) is 33.4 Å². The number of nitrogens with two attached hydrogens (primary N) is 1. The monoisotopic (exact) mass is 469 g/mol. The summed E-state index contributed by atoms with van der Waals surface area (Å²) in [6, 6.07) is 7.20. The highest BCUT2D eigenvalue weighted by atomic mass is 19.1. The van der Waals surface area contributed by atoms with Gasteiger partial charge < -0.3 is 15.0 Å². The Labute approximate surface area is 198 Å². The number of aryl methyl sites for hydroxylation is 2. The Morgan fingerprint density at radius 3 is 2.60 bits per heavy atom. The van der Waals surface area contributed by atoms with Crippen molar-refractivity contribution >= 4 is 16.9 Å². The predicted octanol–water partition coefficient (Wildman–Crippen LogP) is 4.43. The second-order valence-electron chi connectivity index (χ2n) is 7.66. The molecule has 0 atom stereocenters. The maximum atomic E-state index is 15.2. The van der Waals surface area contributed by atoms with E-state index in [1.807, 2.05) is 0 Å². The molecule has 5 aromatic rings. The molecule has 0 aliphatic rings. The molecule has 0 saturated heterocycles. The quantitative estimate of drug-likeness (QED) is 0.388. The van der Waals surface area contributed by atoms with Gasteiger partial charge in [0.05, 0.1) is 16.6 Å². The zero-order valence-corrected chi connectivity index (χ0v) is 18.6. The van der Waals surface area contributed by atoms with E-state index in [2.05, 4.69) is 30.8 Å². The smallest absolute Gasteiger partial charge is 0.322 e. The standard InChI is InChI=1S/C25H17F2N7O/c1-4-15-10-17(26)16(11-30-15)22-20(21-23(28)31-12-32-24(21)34(22)3)14-5-6-19(18(27)9-14)35-25-29-8-7-13(2)33-25/h1,5-12H,2-3H3,(H2,28,31,32). The molecule has 4 heterocycles. The van der Waals surface area contributed by atoms with Gasteiger partial charge in [0, 0.05) is 36.8 Å². The van der Waals surface area contributed by atoms with Gasteiger partial charge in [-0.05, 0) is 30.7 Å². The molecule has 0 aliphatic heterocycles. The fraction of sp³-hybridized carbons (Fsp3) is 0.0800. The second-order valence-corrected chi connectivity index (χ2v) is 7.66. The molecule has 0 spiro atoms. The molecule has 0 radical (unpaired) electrons. The van der Waals surface area contributed by atoms with Gasteiger partial charge in [-0.3, -0.25) is 0 Å². The molecule has 8 nitrogen and oxygen atoms in total. The first kappa shape index (κ1) is 21.9. The third-order valence-corrected chi connectivity index (χ3v) is 5.45. The summed E-state index contributed by atoms with van der Waals surface area (Å²) in [5.41, 5.74) is 8.83. The zero-order valence-electron chi connectivity index (χ0n) is 18.6. The van der Waals surface area contributed by atoms with E-state index in [4.69, 9.17) is 16.9 Å². The van der Waals surface area contributed by atoms with Crippen LogP contribution in [0, 0.1) is 30.9 Å². The van der Waals surface area contributed by atoms with Crippen LogP contribution in [0.2, 0.25) is 0 Å². The number of hydrogen-bond donors (Lipinski definition) is 1. The van der Waals surface area contributed by atoms with Gasteiger partial charge in [-0.25, -0.2) is 33.7 Å². The van der Waals surface area contributed by atoms with E-state index < -0.39 is 11.6 Å². The largest absolute Gasteiger partial charge is 0.421 e. The molecule has 5 rings (SSSR count). The molecule has 0 aliphatic carbocycles. The minimum atomic E-state index is -0.674. The van der Waals surface area contributed by atoms with Crippen molar-refractivity contribution in [3.05, 3.63) is 72.1 Å². The van der Waals surface area contributed by atoms with Crippen LogP contribution in [0.15, 0.2) is 49.1 Å². The van der Waals surface area contributed by atoms with E-state index >= 15 is 8.78 Å². The molecule has 0 fully saturated rings. The van der Waals surface area contributed by atoms with Gasteiger partial charge in [-0.2, -0.15) is 0 Å². The number of pyridine rings is 1. The zero-order chi connectivity index (χ0) is 24.7. The molecule has 172 valence electrons. The van der Waals surface area contributed by atoms with Crippen molar-refractivity contribution in [1.29, 1.82) is 0 Å². The maximum Gasteiger partial charge on any atom is 0.322 e. The summed E-state index contributed by atoms with van der Waals surface area (Å²) >= 11 is 0. The first-order chi connectivity index (χ1) is 16.9. The summed E-state index contributed by atoms with van der Waals surface area (Å²) in [7, 11) is 1.70. The van der Waals surface area contributed by atoms with Gasteiger partial charge in [0.15, 0.2) is 11.6 Å². The number of terminal acetylenes is 1. The number of benzene rings is 1. The summed E-state index contributed by atoms with van der Waals surface area (Å²) in [4.78, 5) is 20.6. The van der Waals surface area contributed by atoms with Gasteiger partial charge in [0.1, 0.15) is 29.3 Å². The molecule has 10 heteroatoms. The highest BCUT2D eigenvalue weighted by Crippen LogP contribution is 2.43. The van der Waals surface area contributed by atoms with Crippen LogP contribution >= 0.6 is 0 Å². The molecule has 0 bridgehead atoms. The summed E-state index contributed by atoms with van der Waals surface area (Å²) in [5.74, 6) is 1.13. The third kappa shape index (κ3) is 3.79. The molecule has 4 aromatic heterocycles. The van der Waals surface area contributed by atoms with E-state index in [9.17, 15) is 0 Å². The van der Waals surface area contributed by atoms with Crippen LogP contribution in [0.1, 0.15) is 11.4 Å². The van der Waals surface area contributed by atoms with Crippen molar-refractivity contribution < 1.29 is 13.5 Å². The number of halogens is 2. The highest BCUT2D eigenvalue weighted by molar-refractivity contribution is 6.07. The molecule has 1 aromatic carbocycles. The van der Waals surface area contributed by atoms with Crippen LogP contribution in [-0.4, -0.2) is 29.5 Å². The summed E-state index contributed by atoms with van der Waals surface area (Å²) in [5, 5.41) is 0.445. The lowest BCUT2D eigenvalue weighted by Crippen LogP contribution is -1.98. The molecular formula is C25H17F2N7O. The molecule has 0 amide bonds. The molecule has 35 heavy (non-hydrogen) atoms. The minimum Gasteiger partial charge on any atom is -0.421 e. The average Bonchev–Trinajstić information content (AvgIpc) is 3.14. The molecule has 2 N–H and O–H groups in total. The highest BCUT2D eigenvalue weighted by Gasteiger charge is 2.25. The Morgan fingerprint density at radius 2 is 1.89 bits per heavy atom. The van der Waals surface area contributed by atoms with Crippen LogP contribution in [-0.2, 0) is 7.05 Å². The van der Waals surface area contributed by atoms with Gasteiger partial charge in [0.25, 0.3) is 0 Å². The number of nitrogens with zero attached hydrogens (tertiary/aromatic N) is 6. The van der Waals surface area contributed by atoms with Crippen LogP contribution in [0.5, 0.6) is 11.8 Å². The number of fused-ring (bicyclic) bond motifs is 1. The van der Waals surface area contributed by atoms with Gasteiger partial charge >= 0.3 is 6.01 Å². The SMILES string of the molecule is C#Cc1cc(F)c(-c2c(-c3ccc(Oc4nccc(C)n4)c(F)c3)c3c(N)ncnc3n2C)cn1. The number of anilines is 1. The van der Waals surface area contributed by atoms with Crippen molar-refractivity contribution in [2.24, 2.45) is 7.05 Å². The molecule has 0 unspecified atom stereocenters. The predicted molar refractivity (Wildman–Crippen MR) is 126 cm³/mol. The van der Waals surface area contributed by atoms with Crippen molar-refractivity contribution in [2.75, 3.05) is 5.73 Å². The van der Waals surface area contributed by atoms with Crippen molar-refractivity contribution in [1.82, 2.24) is 29.5 Å². The Bertz CT molecular complexity index is 1660. The molecular weight excluding hydrogens is 452 g/mol. The van der Waals surface area contributed by atoms with Crippen molar-refractivity contribution in [3.8, 4) is 46.5 Å². The van der Waals surface area contributed by atoms with Crippen LogP contribution in [0.3, 0.4) is 0 Å². The second kappa shape index (κ2) is 8.46. The van der Waals surface area contributed by atoms with E-state index in [-0.39, 0.29) is 28.8 Å². The Hall–Kier alpha value is -4.91. The van der Waals surface area contributed by atoms with E-state index in [0.29, 0.717) is 33.5 Å². The lowest BCUT2D eigenvalue weighted by molar-refractivity contribution is 0.410. The maximum absolute atomic E-state index is 15.2. The van der Waals surface area contributed by atoms with Crippen LogP contribution < -0.4 is 10.5 Å². The number of ether oxygens (including phenoxy) is 1. The number of aromatic nitrogens is 6. The van der Waals surface area contributed by atoms with Gasteiger partial charge in [0.2, 0.25) is 0 Å². The third-order valence-electron chi connectivity index (χ3n) is 5.45. The van der Waals surface area contributed by atoms with Gasteiger partial charge in [-0.15, -0.1) is 6.42 Å². The Kier molecular flexibility index (Phi) is 5.30. The number of rotatable bonds is 4. The Morgan fingerprint density at radius 1 is 1.06 bits per heavy atom. The summed E-state index contributed by atoms with van der Waals surface area (Å²) in [6.07, 6.45) is 9.50. The lowest BCUT2D eigenvalue weighted by Gasteiger charge is -2.11. The van der Waals surface area contributed by atoms with E-state index in [1.165, 1.54) is 30.9 Å². The summed E-state index contributed by atoms with van der Waals surface area (Å²) < 4.78 is 37.5. The first-order valence-corrected chi connectivity index (χ1v) is 10.4.